The lowest BCUT2D eigenvalue weighted by Gasteiger charge is -2.10. The molecule has 1 N–H and O–H groups in total. The van der Waals surface area contributed by atoms with Crippen LogP contribution >= 0.6 is 0 Å². The lowest BCUT2D eigenvalue weighted by Crippen LogP contribution is -2.28. The summed E-state index contributed by atoms with van der Waals surface area (Å²) in [6.07, 6.45) is 1.48. The quantitative estimate of drug-likeness (QED) is 0.548. The van der Waals surface area contributed by atoms with Crippen molar-refractivity contribution in [2.24, 2.45) is 0 Å². The summed E-state index contributed by atoms with van der Waals surface area (Å²) in [4.78, 5) is 29.5. The Kier molecular flexibility index (Phi) is 5.21. The van der Waals surface area contributed by atoms with Gasteiger partial charge in [0.15, 0.2) is 0 Å². The molecule has 7 nitrogen and oxygen atoms in total. The Hall–Kier alpha value is -4.07. The van der Waals surface area contributed by atoms with E-state index in [1.54, 1.807) is 25.1 Å². The fraction of sp³-hybridized carbons (Fsp3) is 0.0909. The lowest BCUT2D eigenvalue weighted by molar-refractivity contribution is -0.116. The molecule has 0 unspecified atom stereocenters. The fourth-order valence-electron chi connectivity index (χ4n) is 2.93. The maximum atomic E-state index is 13.4. The normalized spacial score (nSPS) is 10.7. The molecule has 0 aliphatic rings. The standard InChI is InChI=1S/C22H17FN4O3/c1-14-9-10-16(23)12-18(14)24-19(28)13-27-11-5-8-17(22(27)29)21-25-20(26-30-21)15-6-3-2-4-7-15/h2-12H,13H2,1H3,(H,24,28). The Bertz CT molecular complexity index is 1260. The molecule has 0 spiro atoms. The Morgan fingerprint density at radius 2 is 1.93 bits per heavy atom. The second-order valence-electron chi connectivity index (χ2n) is 6.65. The summed E-state index contributed by atoms with van der Waals surface area (Å²) < 4.78 is 19.9. The molecule has 0 radical (unpaired) electrons. The van der Waals surface area contributed by atoms with E-state index >= 15 is 0 Å². The maximum absolute atomic E-state index is 13.4. The highest BCUT2D eigenvalue weighted by atomic mass is 19.1. The van der Waals surface area contributed by atoms with Crippen molar-refractivity contribution in [3.05, 3.63) is 88.6 Å². The Balaban J connectivity index is 1.56. The molecule has 30 heavy (non-hydrogen) atoms. The topological polar surface area (TPSA) is 90.0 Å². The highest BCUT2D eigenvalue weighted by molar-refractivity contribution is 5.91. The predicted molar refractivity (Wildman–Crippen MR) is 109 cm³/mol. The smallest absolute Gasteiger partial charge is 0.263 e. The molecule has 0 bridgehead atoms. The van der Waals surface area contributed by atoms with Crippen molar-refractivity contribution in [3.63, 3.8) is 0 Å². The maximum Gasteiger partial charge on any atom is 0.263 e. The van der Waals surface area contributed by atoms with Crippen LogP contribution in [0.15, 0.2) is 76.2 Å². The second kappa shape index (κ2) is 8.12. The summed E-state index contributed by atoms with van der Waals surface area (Å²) in [7, 11) is 0. The van der Waals surface area contributed by atoms with Gasteiger partial charge in [0.05, 0.1) is 0 Å². The number of benzene rings is 2. The monoisotopic (exact) mass is 404 g/mol. The molecule has 0 saturated heterocycles. The van der Waals surface area contributed by atoms with Gasteiger partial charge in [-0.1, -0.05) is 41.6 Å². The minimum Gasteiger partial charge on any atom is -0.333 e. The van der Waals surface area contributed by atoms with Gasteiger partial charge < -0.3 is 14.4 Å². The number of aryl methyl sites for hydroxylation is 1. The molecule has 4 aromatic rings. The predicted octanol–water partition coefficient (Wildman–Crippen LogP) is 3.65. The molecule has 150 valence electrons. The Morgan fingerprint density at radius 1 is 1.13 bits per heavy atom. The van der Waals surface area contributed by atoms with Crippen LogP contribution in [-0.4, -0.2) is 20.6 Å². The molecule has 2 heterocycles. The van der Waals surface area contributed by atoms with Gasteiger partial charge in [-0.2, -0.15) is 4.98 Å². The van der Waals surface area contributed by atoms with Crippen LogP contribution in [0.4, 0.5) is 10.1 Å². The molecule has 0 fully saturated rings. The number of halogens is 1. The van der Waals surface area contributed by atoms with E-state index in [9.17, 15) is 14.0 Å². The minimum atomic E-state index is -0.460. The molecule has 2 aromatic carbocycles. The molecule has 0 atom stereocenters. The van der Waals surface area contributed by atoms with Crippen LogP contribution in [0.3, 0.4) is 0 Å². The van der Waals surface area contributed by atoms with Crippen molar-refractivity contribution < 1.29 is 13.7 Å². The third-order valence-electron chi connectivity index (χ3n) is 4.50. The third-order valence-corrected chi connectivity index (χ3v) is 4.50. The highest BCUT2D eigenvalue weighted by Crippen LogP contribution is 2.20. The molecule has 8 heteroatoms. The Morgan fingerprint density at radius 3 is 2.73 bits per heavy atom. The van der Waals surface area contributed by atoms with Crippen LogP contribution in [0.5, 0.6) is 0 Å². The number of rotatable bonds is 5. The van der Waals surface area contributed by atoms with Gasteiger partial charge >= 0.3 is 0 Å². The zero-order chi connectivity index (χ0) is 21.1. The Labute approximate surface area is 170 Å². The molecule has 0 aliphatic heterocycles. The molecule has 0 saturated carbocycles. The van der Waals surface area contributed by atoms with E-state index in [2.05, 4.69) is 15.5 Å². The van der Waals surface area contributed by atoms with Gasteiger partial charge in [0.25, 0.3) is 11.4 Å². The van der Waals surface area contributed by atoms with Crippen LogP contribution in [0, 0.1) is 12.7 Å². The zero-order valence-corrected chi connectivity index (χ0v) is 16.0. The first kappa shape index (κ1) is 19.3. The van der Waals surface area contributed by atoms with E-state index in [-0.39, 0.29) is 18.0 Å². The van der Waals surface area contributed by atoms with E-state index in [1.165, 1.54) is 22.9 Å². The summed E-state index contributed by atoms with van der Waals surface area (Å²) in [5.41, 5.74) is 1.56. The molecule has 0 aliphatic carbocycles. The number of aromatic nitrogens is 3. The number of hydrogen-bond acceptors (Lipinski definition) is 5. The van der Waals surface area contributed by atoms with Crippen molar-refractivity contribution >= 4 is 11.6 Å². The van der Waals surface area contributed by atoms with Gasteiger partial charge in [0.1, 0.15) is 17.9 Å². The van der Waals surface area contributed by atoms with Gasteiger partial charge in [-0.15, -0.1) is 0 Å². The van der Waals surface area contributed by atoms with Gasteiger partial charge in [0, 0.05) is 17.4 Å². The van der Waals surface area contributed by atoms with Gasteiger partial charge in [0.2, 0.25) is 11.7 Å². The molecular weight excluding hydrogens is 387 g/mol. The number of pyridine rings is 1. The van der Waals surface area contributed by atoms with E-state index in [1.807, 2.05) is 30.3 Å². The fourth-order valence-corrected chi connectivity index (χ4v) is 2.93. The molecule has 4 rings (SSSR count). The largest absolute Gasteiger partial charge is 0.333 e. The molecule has 1 amide bonds. The average molecular weight is 404 g/mol. The first-order valence-corrected chi connectivity index (χ1v) is 9.16. The highest BCUT2D eigenvalue weighted by Gasteiger charge is 2.16. The second-order valence-corrected chi connectivity index (χ2v) is 6.65. The minimum absolute atomic E-state index is 0.0644. The van der Waals surface area contributed by atoms with Gasteiger partial charge in [-0.3, -0.25) is 9.59 Å². The van der Waals surface area contributed by atoms with E-state index in [0.717, 1.165) is 5.56 Å². The third kappa shape index (κ3) is 4.02. The number of carbonyl (C=O) groups is 1. The first-order chi connectivity index (χ1) is 14.5. The van der Waals surface area contributed by atoms with Crippen molar-refractivity contribution in [2.45, 2.75) is 13.5 Å². The van der Waals surface area contributed by atoms with Crippen LogP contribution in [0.2, 0.25) is 0 Å². The van der Waals surface area contributed by atoms with Crippen molar-refractivity contribution in [1.29, 1.82) is 0 Å². The van der Waals surface area contributed by atoms with E-state index in [0.29, 0.717) is 17.1 Å². The number of amides is 1. The molecule has 2 aromatic heterocycles. The van der Waals surface area contributed by atoms with Crippen molar-refractivity contribution in [1.82, 2.24) is 14.7 Å². The summed E-state index contributed by atoms with van der Waals surface area (Å²) in [5.74, 6) is -0.492. The number of hydrogen-bond donors (Lipinski definition) is 1. The molecular formula is C22H17FN4O3. The van der Waals surface area contributed by atoms with Crippen LogP contribution < -0.4 is 10.9 Å². The van der Waals surface area contributed by atoms with Crippen molar-refractivity contribution in [2.75, 3.05) is 5.32 Å². The van der Waals surface area contributed by atoms with Crippen molar-refractivity contribution in [3.8, 4) is 22.8 Å². The van der Waals surface area contributed by atoms with E-state index < -0.39 is 17.3 Å². The lowest BCUT2D eigenvalue weighted by atomic mass is 10.2. The van der Waals surface area contributed by atoms with E-state index in [4.69, 9.17) is 4.52 Å². The summed E-state index contributed by atoms with van der Waals surface area (Å²) in [6, 6.07) is 16.5. The summed E-state index contributed by atoms with van der Waals surface area (Å²) >= 11 is 0. The summed E-state index contributed by atoms with van der Waals surface area (Å²) in [5, 5.41) is 6.54. The van der Waals surface area contributed by atoms with Crippen LogP contribution in [-0.2, 0) is 11.3 Å². The van der Waals surface area contributed by atoms with Crippen LogP contribution in [0.1, 0.15) is 5.56 Å². The summed E-state index contributed by atoms with van der Waals surface area (Å²) in [6.45, 7) is 1.50. The number of nitrogens with zero attached hydrogens (tertiary/aromatic N) is 3. The number of anilines is 1. The number of carbonyl (C=O) groups excluding carboxylic acids is 1. The first-order valence-electron chi connectivity index (χ1n) is 9.16. The SMILES string of the molecule is Cc1ccc(F)cc1NC(=O)Cn1cccc(-c2nc(-c3ccccc3)no2)c1=O. The average Bonchev–Trinajstić information content (AvgIpc) is 3.23. The zero-order valence-electron chi connectivity index (χ0n) is 16.0. The van der Waals surface area contributed by atoms with Gasteiger partial charge in [-0.05, 0) is 36.8 Å². The number of nitrogens with one attached hydrogen (secondary N) is 1. The van der Waals surface area contributed by atoms with Gasteiger partial charge in [-0.25, -0.2) is 4.39 Å². The van der Waals surface area contributed by atoms with Crippen LogP contribution in [0.25, 0.3) is 22.8 Å².